The van der Waals surface area contributed by atoms with Gasteiger partial charge in [-0.1, -0.05) is 28.8 Å². The zero-order valence-corrected chi connectivity index (χ0v) is 15.8. The van der Waals surface area contributed by atoms with Gasteiger partial charge in [-0.05, 0) is 42.5 Å². The largest absolute Gasteiger partial charge is 0.314 e. The zero-order valence-electron chi connectivity index (χ0n) is 12.6. The number of rotatable bonds is 3. The quantitative estimate of drug-likeness (QED) is 0.780. The highest BCUT2D eigenvalue weighted by atomic mass is 79.9. The number of benzene rings is 1. The second kappa shape index (κ2) is 9.43. The molecule has 3 rings (SSSR count). The van der Waals surface area contributed by atoms with E-state index in [1.54, 1.807) is 6.07 Å². The van der Waals surface area contributed by atoms with Gasteiger partial charge in [0.2, 0.25) is 0 Å². The Balaban J connectivity index is 0.00000121. The highest BCUT2D eigenvalue weighted by molar-refractivity contribution is 9.10. The number of halogens is 4. The number of hydrogen-bond donors (Lipinski definition) is 1. The zero-order chi connectivity index (χ0) is 13.9. The van der Waals surface area contributed by atoms with Gasteiger partial charge in [-0.15, -0.1) is 24.8 Å². The van der Waals surface area contributed by atoms with Crippen LogP contribution in [0.5, 0.6) is 0 Å². The van der Waals surface area contributed by atoms with Gasteiger partial charge in [0.05, 0.1) is 0 Å². The molecule has 1 aliphatic carbocycles. The lowest BCUT2D eigenvalue weighted by molar-refractivity contribution is 0.125. The van der Waals surface area contributed by atoms with Crippen LogP contribution < -0.4 is 5.32 Å². The van der Waals surface area contributed by atoms with Gasteiger partial charge in [0.25, 0.3) is 0 Å². The standard InChI is InChI=1S/C16H22BrFN2.2ClH/c17-15-6-5-13(18)11-14(15)16(12-3-1-2-4-12)20-9-7-19-8-10-20;;/h5-6,11-12,16,19H,1-4,7-10H2;2*1H/t16-;;/m0../s1. The van der Waals surface area contributed by atoms with E-state index in [1.165, 1.54) is 31.7 Å². The van der Waals surface area contributed by atoms with Crippen LogP contribution in [0.25, 0.3) is 0 Å². The molecule has 126 valence electrons. The monoisotopic (exact) mass is 412 g/mol. The molecule has 1 aliphatic heterocycles. The first-order chi connectivity index (χ1) is 9.75. The predicted octanol–water partition coefficient (Wildman–Crippen LogP) is 4.57. The topological polar surface area (TPSA) is 15.3 Å². The predicted molar refractivity (Wildman–Crippen MR) is 97.7 cm³/mol. The molecule has 0 unspecified atom stereocenters. The highest BCUT2D eigenvalue weighted by Crippen LogP contribution is 2.42. The molecule has 1 aromatic carbocycles. The van der Waals surface area contributed by atoms with Gasteiger partial charge in [-0.2, -0.15) is 0 Å². The fourth-order valence-electron chi connectivity index (χ4n) is 3.72. The van der Waals surface area contributed by atoms with Gasteiger partial charge in [0.1, 0.15) is 5.82 Å². The van der Waals surface area contributed by atoms with E-state index in [2.05, 4.69) is 26.1 Å². The van der Waals surface area contributed by atoms with Crippen molar-refractivity contribution in [3.05, 3.63) is 34.1 Å². The van der Waals surface area contributed by atoms with Crippen LogP contribution in [0.2, 0.25) is 0 Å². The Hall–Kier alpha value is 0.130. The molecule has 1 N–H and O–H groups in total. The summed E-state index contributed by atoms with van der Waals surface area (Å²) >= 11 is 3.64. The van der Waals surface area contributed by atoms with Gasteiger partial charge < -0.3 is 5.32 Å². The molecule has 0 amide bonds. The van der Waals surface area contributed by atoms with Gasteiger partial charge in [-0.3, -0.25) is 4.90 Å². The Morgan fingerprint density at radius 2 is 1.77 bits per heavy atom. The van der Waals surface area contributed by atoms with Crippen LogP contribution in [0.1, 0.15) is 37.3 Å². The fourth-order valence-corrected chi connectivity index (χ4v) is 4.20. The van der Waals surface area contributed by atoms with E-state index in [1.807, 2.05) is 6.07 Å². The van der Waals surface area contributed by atoms with Crippen molar-refractivity contribution < 1.29 is 4.39 Å². The first-order valence-corrected chi connectivity index (χ1v) is 8.45. The number of piperazine rings is 1. The summed E-state index contributed by atoms with van der Waals surface area (Å²) in [6.07, 6.45) is 5.19. The van der Waals surface area contributed by atoms with Crippen LogP contribution in [0.4, 0.5) is 4.39 Å². The average Bonchev–Trinajstić information content (AvgIpc) is 2.98. The van der Waals surface area contributed by atoms with Crippen LogP contribution in [0.3, 0.4) is 0 Å². The van der Waals surface area contributed by atoms with E-state index in [4.69, 9.17) is 0 Å². The lowest BCUT2D eigenvalue weighted by Crippen LogP contribution is -2.46. The Kier molecular flexibility index (Phi) is 8.65. The van der Waals surface area contributed by atoms with E-state index in [0.717, 1.165) is 36.2 Å². The molecule has 0 spiro atoms. The first-order valence-electron chi connectivity index (χ1n) is 7.65. The highest BCUT2D eigenvalue weighted by Gasteiger charge is 2.33. The Morgan fingerprint density at radius 3 is 2.41 bits per heavy atom. The molecule has 0 bridgehead atoms. The molecule has 1 saturated carbocycles. The molecule has 2 fully saturated rings. The molecular weight excluding hydrogens is 390 g/mol. The van der Waals surface area contributed by atoms with Crippen LogP contribution in [-0.4, -0.2) is 31.1 Å². The Morgan fingerprint density at radius 1 is 1.14 bits per heavy atom. The van der Waals surface area contributed by atoms with E-state index in [-0.39, 0.29) is 30.6 Å². The van der Waals surface area contributed by atoms with Gasteiger partial charge in [0, 0.05) is 36.7 Å². The van der Waals surface area contributed by atoms with Crippen LogP contribution >= 0.6 is 40.7 Å². The molecule has 22 heavy (non-hydrogen) atoms. The normalized spacial score (nSPS) is 21.0. The summed E-state index contributed by atoms with van der Waals surface area (Å²) < 4.78 is 14.8. The van der Waals surface area contributed by atoms with Crippen molar-refractivity contribution in [3.8, 4) is 0 Å². The van der Waals surface area contributed by atoms with Crippen molar-refractivity contribution in [2.75, 3.05) is 26.2 Å². The molecule has 1 heterocycles. The van der Waals surface area contributed by atoms with E-state index < -0.39 is 0 Å². The van der Waals surface area contributed by atoms with Crippen LogP contribution in [0.15, 0.2) is 22.7 Å². The second-order valence-electron chi connectivity index (χ2n) is 5.94. The van der Waals surface area contributed by atoms with Crippen molar-refractivity contribution in [2.45, 2.75) is 31.7 Å². The minimum atomic E-state index is -0.124. The molecule has 1 atom stereocenters. The summed E-state index contributed by atoms with van der Waals surface area (Å²) in [5.74, 6) is 0.549. The van der Waals surface area contributed by atoms with Crippen molar-refractivity contribution in [1.82, 2.24) is 10.2 Å². The maximum absolute atomic E-state index is 13.7. The Labute approximate surface area is 153 Å². The van der Waals surface area contributed by atoms with Crippen LogP contribution in [-0.2, 0) is 0 Å². The minimum Gasteiger partial charge on any atom is -0.314 e. The Bertz CT molecular complexity index is 463. The van der Waals surface area contributed by atoms with Gasteiger partial charge in [-0.25, -0.2) is 4.39 Å². The molecule has 1 aromatic rings. The fraction of sp³-hybridized carbons (Fsp3) is 0.625. The third kappa shape index (κ3) is 4.57. The number of nitrogens with zero attached hydrogens (tertiary/aromatic N) is 1. The third-order valence-electron chi connectivity index (χ3n) is 4.67. The number of nitrogens with one attached hydrogen (secondary N) is 1. The summed E-state index contributed by atoms with van der Waals surface area (Å²) in [6, 6.07) is 5.49. The number of hydrogen-bond acceptors (Lipinski definition) is 2. The van der Waals surface area contributed by atoms with Gasteiger partial charge >= 0.3 is 0 Å². The van der Waals surface area contributed by atoms with Crippen molar-refractivity contribution >= 4 is 40.7 Å². The lowest BCUT2D eigenvalue weighted by atomic mass is 9.89. The van der Waals surface area contributed by atoms with E-state index >= 15 is 0 Å². The maximum Gasteiger partial charge on any atom is 0.123 e. The molecule has 1 saturated heterocycles. The van der Waals surface area contributed by atoms with Crippen molar-refractivity contribution in [2.24, 2.45) is 5.92 Å². The summed E-state index contributed by atoms with van der Waals surface area (Å²) in [7, 11) is 0. The second-order valence-corrected chi connectivity index (χ2v) is 6.80. The minimum absolute atomic E-state index is 0. The lowest BCUT2D eigenvalue weighted by Gasteiger charge is -2.39. The molecule has 2 aliphatic rings. The van der Waals surface area contributed by atoms with E-state index in [9.17, 15) is 4.39 Å². The SMILES string of the molecule is Cl.Cl.Fc1ccc(Br)c([C@H](C2CCCC2)N2CCNCC2)c1. The van der Waals surface area contributed by atoms with Crippen molar-refractivity contribution in [1.29, 1.82) is 0 Å². The summed E-state index contributed by atoms with van der Waals surface area (Å²) in [6.45, 7) is 4.19. The maximum atomic E-state index is 13.7. The summed E-state index contributed by atoms with van der Waals surface area (Å²) in [5.41, 5.74) is 1.14. The van der Waals surface area contributed by atoms with Crippen molar-refractivity contribution in [3.63, 3.8) is 0 Å². The molecule has 0 radical (unpaired) electrons. The van der Waals surface area contributed by atoms with E-state index in [0.29, 0.717) is 12.0 Å². The third-order valence-corrected chi connectivity index (χ3v) is 5.39. The molecule has 2 nitrogen and oxygen atoms in total. The van der Waals surface area contributed by atoms with Crippen LogP contribution in [0, 0.1) is 11.7 Å². The van der Waals surface area contributed by atoms with Gasteiger partial charge in [0.15, 0.2) is 0 Å². The summed E-state index contributed by atoms with van der Waals surface area (Å²) in [4.78, 5) is 2.55. The molecule has 6 heteroatoms. The smallest absolute Gasteiger partial charge is 0.123 e. The molecular formula is C16H24BrCl2FN2. The molecule has 0 aromatic heterocycles. The first kappa shape index (κ1) is 20.2. The summed E-state index contributed by atoms with van der Waals surface area (Å²) in [5, 5.41) is 3.41. The average molecular weight is 414 g/mol.